The Morgan fingerprint density at radius 3 is 2.63 bits per heavy atom. The molecule has 2 aromatic rings. The predicted molar refractivity (Wildman–Crippen MR) is 99.2 cm³/mol. The number of benzene rings is 1. The smallest absolute Gasteiger partial charge is 0.327 e. The second-order valence-corrected chi connectivity index (χ2v) is 6.13. The zero-order valence-electron chi connectivity index (χ0n) is 14.7. The second-order valence-electron chi connectivity index (χ2n) is 6.13. The van der Waals surface area contributed by atoms with Gasteiger partial charge in [0.2, 0.25) is 11.7 Å². The van der Waals surface area contributed by atoms with Gasteiger partial charge < -0.3 is 15.1 Å². The van der Waals surface area contributed by atoms with Crippen LogP contribution in [0.4, 0.5) is 21.6 Å². The van der Waals surface area contributed by atoms with Crippen molar-refractivity contribution in [3.05, 3.63) is 58.5 Å². The number of para-hydroxylation sites is 1. The van der Waals surface area contributed by atoms with Crippen molar-refractivity contribution in [2.45, 2.75) is 6.42 Å². The minimum atomic E-state index is -0.901. The predicted octanol–water partition coefficient (Wildman–Crippen LogP) is 2.28. The molecule has 1 aromatic carbocycles. The Morgan fingerprint density at radius 2 is 1.96 bits per heavy atom. The van der Waals surface area contributed by atoms with Crippen molar-refractivity contribution < 1.29 is 14.1 Å². The van der Waals surface area contributed by atoms with Gasteiger partial charge in [-0.2, -0.15) is 4.39 Å². The Balaban J connectivity index is 1.48. The highest BCUT2D eigenvalue weighted by molar-refractivity contribution is 5.77. The first-order chi connectivity index (χ1) is 13.1. The van der Waals surface area contributed by atoms with Gasteiger partial charge in [0, 0.05) is 45.3 Å². The Morgan fingerprint density at radius 1 is 1.19 bits per heavy atom. The largest absolute Gasteiger partial charge is 0.379 e. The summed E-state index contributed by atoms with van der Waals surface area (Å²) in [5.74, 6) is -0.0473. The van der Waals surface area contributed by atoms with Crippen LogP contribution in [0.15, 0.2) is 42.6 Å². The Kier molecular flexibility index (Phi) is 5.80. The van der Waals surface area contributed by atoms with Gasteiger partial charge in [-0.05, 0) is 24.3 Å². The van der Waals surface area contributed by atoms with Crippen molar-refractivity contribution >= 4 is 23.1 Å². The molecule has 1 fully saturated rings. The highest BCUT2D eigenvalue weighted by Crippen LogP contribution is 2.27. The minimum Gasteiger partial charge on any atom is -0.379 e. The number of hydrogen-bond acceptors (Lipinski definition) is 6. The average molecular weight is 373 g/mol. The van der Waals surface area contributed by atoms with Gasteiger partial charge in [0.05, 0.1) is 4.92 Å². The van der Waals surface area contributed by atoms with Crippen LogP contribution in [0.5, 0.6) is 0 Å². The number of anilines is 2. The van der Waals surface area contributed by atoms with Crippen molar-refractivity contribution in [2.24, 2.45) is 0 Å². The molecule has 2 heterocycles. The molecule has 142 valence electrons. The van der Waals surface area contributed by atoms with Crippen LogP contribution in [0, 0.1) is 15.9 Å². The van der Waals surface area contributed by atoms with Crippen molar-refractivity contribution in [3.63, 3.8) is 0 Å². The molecule has 0 spiro atoms. The van der Waals surface area contributed by atoms with Crippen LogP contribution >= 0.6 is 0 Å². The van der Waals surface area contributed by atoms with E-state index in [0.29, 0.717) is 26.2 Å². The Bertz CT molecular complexity index is 810. The molecule has 9 heteroatoms. The number of rotatable bonds is 6. The molecule has 0 saturated carbocycles. The third kappa shape index (κ3) is 4.49. The average Bonchev–Trinajstić information content (AvgIpc) is 2.68. The summed E-state index contributed by atoms with van der Waals surface area (Å²) >= 11 is 0. The SMILES string of the molecule is O=C(CCNc1cccc(F)c1[N+](=O)[O-])N1CCN(c2ccccn2)CC1. The number of nitro groups is 1. The van der Waals surface area contributed by atoms with Crippen LogP contribution in [0.1, 0.15) is 6.42 Å². The maximum absolute atomic E-state index is 13.6. The van der Waals surface area contributed by atoms with Gasteiger partial charge in [-0.25, -0.2) is 4.98 Å². The highest BCUT2D eigenvalue weighted by atomic mass is 19.1. The number of hydrogen-bond donors (Lipinski definition) is 1. The summed E-state index contributed by atoms with van der Waals surface area (Å²) in [7, 11) is 0. The highest BCUT2D eigenvalue weighted by Gasteiger charge is 2.22. The molecule has 1 aliphatic rings. The molecule has 0 aliphatic carbocycles. The van der Waals surface area contributed by atoms with Crippen molar-refractivity contribution in [2.75, 3.05) is 42.9 Å². The molecule has 3 rings (SSSR count). The van der Waals surface area contributed by atoms with Gasteiger partial charge in [0.15, 0.2) is 0 Å². The molecule has 1 amide bonds. The maximum atomic E-state index is 13.6. The van der Waals surface area contributed by atoms with E-state index in [1.165, 1.54) is 12.1 Å². The second kappa shape index (κ2) is 8.43. The number of nitrogens with zero attached hydrogens (tertiary/aromatic N) is 4. The summed E-state index contributed by atoms with van der Waals surface area (Å²) in [4.78, 5) is 30.8. The van der Waals surface area contributed by atoms with Crippen LogP contribution in [0.3, 0.4) is 0 Å². The quantitative estimate of drug-likeness (QED) is 0.617. The third-order valence-electron chi connectivity index (χ3n) is 4.43. The minimum absolute atomic E-state index is 0.0396. The van der Waals surface area contributed by atoms with E-state index in [0.717, 1.165) is 11.9 Å². The van der Waals surface area contributed by atoms with E-state index < -0.39 is 16.4 Å². The van der Waals surface area contributed by atoms with E-state index in [9.17, 15) is 19.3 Å². The normalized spacial score (nSPS) is 14.1. The number of aromatic nitrogens is 1. The molecule has 27 heavy (non-hydrogen) atoms. The first kappa shape index (κ1) is 18.6. The zero-order chi connectivity index (χ0) is 19.2. The van der Waals surface area contributed by atoms with E-state index in [-0.39, 0.29) is 24.6 Å². The Hall–Kier alpha value is -3.23. The molecular formula is C18H20FN5O3. The fraction of sp³-hybridized carbons (Fsp3) is 0.333. The molecule has 0 bridgehead atoms. The molecule has 1 aliphatic heterocycles. The van der Waals surface area contributed by atoms with Gasteiger partial charge in [-0.1, -0.05) is 12.1 Å². The summed E-state index contributed by atoms with van der Waals surface area (Å²) < 4.78 is 13.6. The summed E-state index contributed by atoms with van der Waals surface area (Å²) in [6.07, 6.45) is 1.92. The summed E-state index contributed by atoms with van der Waals surface area (Å²) in [6, 6.07) is 9.58. The number of piperazine rings is 1. The topological polar surface area (TPSA) is 91.6 Å². The lowest BCUT2D eigenvalue weighted by Gasteiger charge is -2.35. The monoisotopic (exact) mass is 373 g/mol. The van der Waals surface area contributed by atoms with Gasteiger partial charge in [-0.3, -0.25) is 14.9 Å². The van der Waals surface area contributed by atoms with Crippen LogP contribution in [0.2, 0.25) is 0 Å². The van der Waals surface area contributed by atoms with Crippen LogP contribution in [0.25, 0.3) is 0 Å². The number of nitrogens with one attached hydrogen (secondary N) is 1. The standard InChI is InChI=1S/C18H20FN5O3/c19-14-4-3-5-15(18(14)24(26)27)20-9-7-17(25)23-12-10-22(11-13-23)16-6-1-2-8-21-16/h1-6,8,20H,7,9-13H2. The number of amides is 1. The van der Waals surface area contributed by atoms with Gasteiger partial charge in [0.25, 0.3) is 0 Å². The molecule has 1 saturated heterocycles. The molecule has 1 N–H and O–H groups in total. The fourth-order valence-corrected chi connectivity index (χ4v) is 3.03. The fourth-order valence-electron chi connectivity index (χ4n) is 3.03. The first-order valence-corrected chi connectivity index (χ1v) is 8.67. The number of nitro benzene ring substituents is 1. The first-order valence-electron chi connectivity index (χ1n) is 8.67. The third-order valence-corrected chi connectivity index (χ3v) is 4.43. The van der Waals surface area contributed by atoms with E-state index in [1.54, 1.807) is 11.1 Å². The lowest BCUT2D eigenvalue weighted by molar-refractivity contribution is -0.386. The summed E-state index contributed by atoms with van der Waals surface area (Å²) in [5.41, 5.74) is -0.526. The zero-order valence-corrected chi connectivity index (χ0v) is 14.7. The van der Waals surface area contributed by atoms with Gasteiger partial charge in [-0.15, -0.1) is 0 Å². The lowest BCUT2D eigenvalue weighted by atomic mass is 10.2. The number of carbonyl (C=O) groups excluding carboxylic acids is 1. The van der Waals surface area contributed by atoms with Crippen molar-refractivity contribution in [1.82, 2.24) is 9.88 Å². The summed E-state index contributed by atoms with van der Waals surface area (Å²) in [6.45, 7) is 2.78. The number of halogens is 1. The Labute approximate surface area is 155 Å². The lowest BCUT2D eigenvalue weighted by Crippen LogP contribution is -2.49. The summed E-state index contributed by atoms with van der Waals surface area (Å²) in [5, 5.41) is 13.8. The molecule has 0 radical (unpaired) electrons. The van der Waals surface area contributed by atoms with E-state index in [2.05, 4.69) is 15.2 Å². The molecule has 0 atom stereocenters. The molecule has 8 nitrogen and oxygen atoms in total. The molecule has 0 unspecified atom stereocenters. The van der Waals surface area contributed by atoms with Gasteiger partial charge >= 0.3 is 5.69 Å². The van der Waals surface area contributed by atoms with Crippen molar-refractivity contribution in [3.8, 4) is 0 Å². The number of pyridine rings is 1. The van der Waals surface area contributed by atoms with Gasteiger partial charge in [0.1, 0.15) is 11.5 Å². The number of carbonyl (C=O) groups is 1. The molecular weight excluding hydrogens is 353 g/mol. The van der Waals surface area contributed by atoms with E-state index >= 15 is 0 Å². The maximum Gasteiger partial charge on any atom is 0.327 e. The van der Waals surface area contributed by atoms with E-state index in [4.69, 9.17) is 0 Å². The molecule has 1 aromatic heterocycles. The van der Waals surface area contributed by atoms with Crippen LogP contribution < -0.4 is 10.2 Å². The van der Waals surface area contributed by atoms with E-state index in [1.807, 2.05) is 18.2 Å². The van der Waals surface area contributed by atoms with Crippen LogP contribution in [-0.4, -0.2) is 53.4 Å². The van der Waals surface area contributed by atoms with Crippen LogP contribution in [-0.2, 0) is 4.79 Å². The van der Waals surface area contributed by atoms with Crippen molar-refractivity contribution in [1.29, 1.82) is 0 Å².